The quantitative estimate of drug-likeness (QED) is 0.553. The summed E-state index contributed by atoms with van der Waals surface area (Å²) < 4.78 is 51.6. The van der Waals surface area contributed by atoms with Crippen LogP contribution in [0.2, 0.25) is 0 Å². The summed E-state index contributed by atoms with van der Waals surface area (Å²) in [6.45, 7) is -0.577. The minimum Gasteiger partial charge on any atom is -0.480 e. The van der Waals surface area contributed by atoms with E-state index >= 15 is 0 Å². The fraction of sp³-hybridized carbons (Fsp3) is 0.222. The molecule has 1 rings (SSSR count). The van der Waals surface area contributed by atoms with Gasteiger partial charge in [-0.2, -0.15) is 0 Å². The highest BCUT2D eigenvalue weighted by Crippen LogP contribution is 2.23. The van der Waals surface area contributed by atoms with Crippen molar-refractivity contribution in [3.05, 3.63) is 29.3 Å². The number of nitrogens with one attached hydrogen (secondary N) is 1. The Hall–Kier alpha value is -1.83. The van der Waals surface area contributed by atoms with Crippen molar-refractivity contribution in [2.75, 3.05) is 11.9 Å². The lowest BCUT2D eigenvalue weighted by molar-refractivity contribution is -0.138. The number of halogens is 4. The minimum atomic E-state index is -1.64. The lowest BCUT2D eigenvalue weighted by Gasteiger charge is -2.12. The van der Waals surface area contributed by atoms with E-state index in [1.807, 2.05) is 5.32 Å². The zero-order valence-corrected chi connectivity index (χ0v) is 8.31. The summed E-state index contributed by atoms with van der Waals surface area (Å²) in [4.78, 5) is 10.3. The topological polar surface area (TPSA) is 75.3 Å². The molecule has 1 aromatic carbocycles. The fourth-order valence-electron chi connectivity index (χ4n) is 1.03. The van der Waals surface area contributed by atoms with E-state index < -0.39 is 47.5 Å². The third kappa shape index (κ3) is 2.84. The molecule has 1 aromatic rings. The van der Waals surface area contributed by atoms with Crippen molar-refractivity contribution in [3.63, 3.8) is 0 Å². The summed E-state index contributed by atoms with van der Waals surface area (Å²) in [7, 11) is 0. The summed E-state index contributed by atoms with van der Waals surface area (Å²) in [5, 5.41) is 10.3. The number of carboxylic acids is 1. The molecule has 1 unspecified atom stereocenters. The average Bonchev–Trinajstić information content (AvgIpc) is 2.26. The molecule has 0 aromatic heterocycles. The molecule has 0 aliphatic carbocycles. The zero-order chi connectivity index (χ0) is 13.2. The van der Waals surface area contributed by atoms with Crippen molar-refractivity contribution >= 4 is 11.7 Å². The molecule has 1 atom stereocenters. The monoisotopic (exact) mass is 252 g/mol. The van der Waals surface area contributed by atoms with Crippen molar-refractivity contribution in [1.82, 2.24) is 0 Å². The SMILES string of the molecule is NC(CNc1c(F)c(F)cc(F)c1F)C(=O)O. The molecule has 0 aliphatic rings. The van der Waals surface area contributed by atoms with Gasteiger partial charge in [-0.05, 0) is 0 Å². The molecule has 0 bridgehead atoms. The van der Waals surface area contributed by atoms with Gasteiger partial charge < -0.3 is 16.2 Å². The lowest BCUT2D eigenvalue weighted by Crippen LogP contribution is -2.37. The van der Waals surface area contributed by atoms with Crippen molar-refractivity contribution in [1.29, 1.82) is 0 Å². The Morgan fingerprint density at radius 3 is 2.18 bits per heavy atom. The second-order valence-electron chi connectivity index (χ2n) is 3.17. The molecule has 4 N–H and O–H groups in total. The van der Waals surface area contributed by atoms with Crippen molar-refractivity contribution < 1.29 is 27.5 Å². The van der Waals surface area contributed by atoms with Gasteiger partial charge in [0, 0.05) is 12.6 Å². The van der Waals surface area contributed by atoms with Crippen molar-refractivity contribution in [2.24, 2.45) is 5.73 Å². The minimum absolute atomic E-state index is 0.0486. The zero-order valence-electron chi connectivity index (χ0n) is 8.31. The first-order valence-corrected chi connectivity index (χ1v) is 4.39. The van der Waals surface area contributed by atoms with E-state index in [1.54, 1.807) is 0 Å². The van der Waals surface area contributed by atoms with Gasteiger partial charge in [-0.1, -0.05) is 0 Å². The number of aliphatic carboxylic acids is 1. The first-order chi connectivity index (χ1) is 7.84. The highest BCUT2D eigenvalue weighted by Gasteiger charge is 2.20. The number of rotatable bonds is 4. The fourth-order valence-corrected chi connectivity index (χ4v) is 1.03. The number of hydrogen-bond donors (Lipinski definition) is 3. The van der Waals surface area contributed by atoms with Gasteiger partial charge in [-0.25, -0.2) is 17.6 Å². The van der Waals surface area contributed by atoms with Gasteiger partial charge in [0.05, 0.1) is 0 Å². The Balaban J connectivity index is 2.95. The summed E-state index contributed by atoms with van der Waals surface area (Å²) in [6, 6.07) is -1.41. The van der Waals surface area contributed by atoms with Crippen molar-refractivity contribution in [3.8, 4) is 0 Å². The van der Waals surface area contributed by atoms with Crippen LogP contribution in [0.1, 0.15) is 0 Å². The molecular formula is C9H8F4N2O2. The molecule has 94 valence electrons. The second-order valence-corrected chi connectivity index (χ2v) is 3.17. The number of hydrogen-bond acceptors (Lipinski definition) is 3. The molecule has 17 heavy (non-hydrogen) atoms. The van der Waals surface area contributed by atoms with Gasteiger partial charge in [0.2, 0.25) is 0 Å². The largest absolute Gasteiger partial charge is 0.480 e. The summed E-state index contributed by atoms with van der Waals surface area (Å²) in [5.41, 5.74) is 3.96. The Morgan fingerprint density at radius 2 is 1.76 bits per heavy atom. The Morgan fingerprint density at radius 1 is 1.29 bits per heavy atom. The van der Waals surface area contributed by atoms with Crippen molar-refractivity contribution in [2.45, 2.75) is 6.04 Å². The lowest BCUT2D eigenvalue weighted by atomic mass is 10.2. The average molecular weight is 252 g/mol. The van der Waals surface area contributed by atoms with Crippen LogP contribution in [0.15, 0.2) is 6.07 Å². The summed E-state index contributed by atoms with van der Waals surface area (Å²) in [6.07, 6.45) is 0. The maximum Gasteiger partial charge on any atom is 0.322 e. The van der Waals surface area contributed by atoms with E-state index in [1.165, 1.54) is 0 Å². The molecule has 8 heteroatoms. The predicted octanol–water partition coefficient (Wildman–Crippen LogP) is 1.07. The van der Waals surface area contributed by atoms with Gasteiger partial charge in [0.15, 0.2) is 23.3 Å². The maximum atomic E-state index is 13.1. The predicted molar refractivity (Wildman–Crippen MR) is 50.4 cm³/mol. The second kappa shape index (κ2) is 5.00. The van der Waals surface area contributed by atoms with Crippen LogP contribution < -0.4 is 11.1 Å². The Labute approximate surface area is 93.0 Å². The smallest absolute Gasteiger partial charge is 0.322 e. The first-order valence-electron chi connectivity index (χ1n) is 4.39. The van der Waals surface area contributed by atoms with Gasteiger partial charge in [0.1, 0.15) is 11.7 Å². The number of nitrogens with two attached hydrogens (primary N) is 1. The van der Waals surface area contributed by atoms with E-state index in [0.717, 1.165) is 0 Å². The maximum absolute atomic E-state index is 13.1. The number of carboxylic acid groups (broad SMARTS) is 1. The normalized spacial score (nSPS) is 12.3. The number of benzene rings is 1. The van der Waals surface area contributed by atoms with Gasteiger partial charge >= 0.3 is 5.97 Å². The van der Waals surface area contributed by atoms with E-state index in [9.17, 15) is 22.4 Å². The standard InChI is InChI=1S/C9H8F4N2O2/c10-3-1-4(11)7(13)8(6(3)12)15-2-5(14)9(16)17/h1,5,15H,2,14H2,(H,16,17). The van der Waals surface area contributed by atoms with Crippen LogP contribution in [0.3, 0.4) is 0 Å². The first kappa shape index (κ1) is 13.2. The third-order valence-electron chi connectivity index (χ3n) is 1.93. The molecule has 0 aliphatic heterocycles. The molecule has 0 heterocycles. The molecule has 4 nitrogen and oxygen atoms in total. The Bertz CT molecular complexity index is 427. The van der Waals surface area contributed by atoms with E-state index in [4.69, 9.17) is 10.8 Å². The summed E-state index contributed by atoms with van der Waals surface area (Å²) >= 11 is 0. The summed E-state index contributed by atoms with van der Waals surface area (Å²) in [5.74, 6) is -7.87. The van der Waals surface area contributed by atoms with Crippen LogP contribution in [0.5, 0.6) is 0 Å². The van der Waals surface area contributed by atoms with E-state index in [-0.39, 0.29) is 6.07 Å². The van der Waals surface area contributed by atoms with Crippen LogP contribution in [0.25, 0.3) is 0 Å². The van der Waals surface area contributed by atoms with E-state index in [2.05, 4.69) is 0 Å². The van der Waals surface area contributed by atoms with Gasteiger partial charge in [-0.3, -0.25) is 4.79 Å². The van der Waals surface area contributed by atoms with Crippen LogP contribution >= 0.6 is 0 Å². The molecule has 0 fully saturated rings. The molecular weight excluding hydrogens is 244 g/mol. The number of anilines is 1. The number of carbonyl (C=O) groups is 1. The third-order valence-corrected chi connectivity index (χ3v) is 1.93. The van der Waals surface area contributed by atoms with Crippen LogP contribution in [0.4, 0.5) is 23.2 Å². The molecule has 0 spiro atoms. The van der Waals surface area contributed by atoms with Crippen LogP contribution in [-0.4, -0.2) is 23.7 Å². The molecule has 0 saturated carbocycles. The highest BCUT2D eigenvalue weighted by molar-refractivity contribution is 5.74. The molecule has 0 radical (unpaired) electrons. The van der Waals surface area contributed by atoms with E-state index in [0.29, 0.717) is 0 Å². The molecule has 0 amide bonds. The molecule has 0 saturated heterocycles. The highest BCUT2D eigenvalue weighted by atomic mass is 19.2. The Kier molecular flexibility index (Phi) is 3.89. The van der Waals surface area contributed by atoms with Gasteiger partial charge in [0.25, 0.3) is 0 Å². The van der Waals surface area contributed by atoms with Crippen LogP contribution in [0, 0.1) is 23.3 Å². The van der Waals surface area contributed by atoms with Crippen LogP contribution in [-0.2, 0) is 4.79 Å². The van der Waals surface area contributed by atoms with Gasteiger partial charge in [-0.15, -0.1) is 0 Å².